The van der Waals surface area contributed by atoms with Crippen molar-refractivity contribution in [2.45, 2.75) is 18.9 Å². The molecule has 2 aliphatic heterocycles. The van der Waals surface area contributed by atoms with Crippen LogP contribution >= 0.6 is 0 Å². The largest absolute Gasteiger partial charge is 0.481 e. The molecule has 3 N–H and O–H groups in total. The van der Waals surface area contributed by atoms with Crippen molar-refractivity contribution in [3.63, 3.8) is 0 Å². The fourth-order valence-corrected chi connectivity index (χ4v) is 3.08. The maximum atomic E-state index is 11.6. The van der Waals surface area contributed by atoms with Crippen molar-refractivity contribution >= 4 is 11.9 Å². The molecule has 1 aromatic carbocycles. The van der Waals surface area contributed by atoms with Crippen molar-refractivity contribution in [3.8, 4) is 11.5 Å². The molecule has 0 spiro atoms. The lowest BCUT2D eigenvalue weighted by atomic mass is 9.81. The highest BCUT2D eigenvalue weighted by Gasteiger charge is 2.37. The number of ether oxygens (including phenoxy) is 2. The zero-order valence-electron chi connectivity index (χ0n) is 11.6. The van der Waals surface area contributed by atoms with Gasteiger partial charge in [0.15, 0.2) is 11.5 Å². The number of benzene rings is 1. The van der Waals surface area contributed by atoms with Crippen molar-refractivity contribution in [2.75, 3.05) is 12.5 Å². The standard InChI is InChI=1S/C14H14N4O4/c15-14-16-12-4-8(13(19)20)9(5-18(12)17-14)7-1-2-10-11(3-7)22-6-21-10/h1-3,8-9H,4-6H2,(H2,15,17)(H,19,20). The Bertz CT molecular complexity index is 757. The first kappa shape index (κ1) is 12.9. The normalized spacial score (nSPS) is 22.4. The Balaban J connectivity index is 1.74. The minimum atomic E-state index is -0.851. The van der Waals surface area contributed by atoms with Crippen LogP contribution < -0.4 is 15.2 Å². The molecular formula is C14H14N4O4. The van der Waals surface area contributed by atoms with Crippen LogP contribution in [0.2, 0.25) is 0 Å². The molecule has 1 aromatic heterocycles. The molecule has 2 aromatic rings. The number of carboxylic acids is 1. The predicted octanol–water partition coefficient (Wildman–Crippen LogP) is 0.630. The van der Waals surface area contributed by atoms with E-state index < -0.39 is 11.9 Å². The van der Waals surface area contributed by atoms with E-state index in [4.69, 9.17) is 15.2 Å². The minimum absolute atomic E-state index is 0.172. The third kappa shape index (κ3) is 1.95. The second-order valence-corrected chi connectivity index (χ2v) is 5.44. The molecule has 2 unspecified atom stereocenters. The third-order valence-corrected chi connectivity index (χ3v) is 4.16. The van der Waals surface area contributed by atoms with E-state index in [-0.39, 0.29) is 18.7 Å². The fraction of sp³-hybridized carbons (Fsp3) is 0.357. The molecule has 0 amide bonds. The number of carboxylic acid groups (broad SMARTS) is 1. The summed E-state index contributed by atoms with van der Waals surface area (Å²) in [5.41, 5.74) is 6.50. The topological polar surface area (TPSA) is 112 Å². The second kappa shape index (κ2) is 4.62. The van der Waals surface area contributed by atoms with E-state index in [0.717, 1.165) is 5.56 Å². The molecule has 0 aliphatic carbocycles. The van der Waals surface area contributed by atoms with Crippen molar-refractivity contribution in [3.05, 3.63) is 29.6 Å². The van der Waals surface area contributed by atoms with Crippen LogP contribution in [0.3, 0.4) is 0 Å². The highest BCUT2D eigenvalue weighted by molar-refractivity contribution is 5.72. The molecule has 0 bridgehead atoms. The Morgan fingerprint density at radius 1 is 1.36 bits per heavy atom. The maximum absolute atomic E-state index is 11.6. The monoisotopic (exact) mass is 302 g/mol. The number of nitrogens with two attached hydrogens (primary N) is 1. The number of aromatic nitrogens is 3. The number of anilines is 1. The number of nitrogen functional groups attached to an aromatic ring is 1. The summed E-state index contributed by atoms with van der Waals surface area (Å²) in [4.78, 5) is 15.7. The van der Waals surface area contributed by atoms with Crippen molar-refractivity contribution < 1.29 is 19.4 Å². The van der Waals surface area contributed by atoms with Gasteiger partial charge in [-0.1, -0.05) is 6.07 Å². The summed E-state index contributed by atoms with van der Waals surface area (Å²) in [6.45, 7) is 0.617. The van der Waals surface area contributed by atoms with E-state index in [1.807, 2.05) is 18.2 Å². The van der Waals surface area contributed by atoms with E-state index in [2.05, 4.69) is 10.1 Å². The summed E-state index contributed by atoms with van der Waals surface area (Å²) in [7, 11) is 0. The van der Waals surface area contributed by atoms with Gasteiger partial charge >= 0.3 is 5.97 Å². The number of hydrogen-bond acceptors (Lipinski definition) is 6. The molecule has 3 heterocycles. The average Bonchev–Trinajstić information content (AvgIpc) is 3.09. The van der Waals surface area contributed by atoms with E-state index in [1.165, 1.54) is 0 Å². The van der Waals surface area contributed by atoms with Crippen LogP contribution in [0.15, 0.2) is 18.2 Å². The number of rotatable bonds is 2. The van der Waals surface area contributed by atoms with Crippen molar-refractivity contribution in [1.82, 2.24) is 14.8 Å². The summed E-state index contributed by atoms with van der Waals surface area (Å²) in [6, 6.07) is 5.52. The summed E-state index contributed by atoms with van der Waals surface area (Å²) < 4.78 is 12.4. The molecular weight excluding hydrogens is 288 g/mol. The number of hydrogen-bond donors (Lipinski definition) is 2. The molecule has 8 nitrogen and oxygen atoms in total. The minimum Gasteiger partial charge on any atom is -0.481 e. The average molecular weight is 302 g/mol. The van der Waals surface area contributed by atoms with Crippen LogP contribution in [0.5, 0.6) is 11.5 Å². The lowest BCUT2D eigenvalue weighted by molar-refractivity contribution is -0.143. The zero-order chi connectivity index (χ0) is 15.3. The Morgan fingerprint density at radius 2 is 2.18 bits per heavy atom. The number of aliphatic carboxylic acids is 1. The quantitative estimate of drug-likeness (QED) is 0.836. The maximum Gasteiger partial charge on any atom is 0.307 e. The molecule has 2 atom stereocenters. The van der Waals surface area contributed by atoms with Crippen LogP contribution in [-0.4, -0.2) is 32.6 Å². The summed E-state index contributed by atoms with van der Waals surface area (Å²) >= 11 is 0. The highest BCUT2D eigenvalue weighted by atomic mass is 16.7. The smallest absolute Gasteiger partial charge is 0.307 e. The van der Waals surface area contributed by atoms with Gasteiger partial charge in [0.2, 0.25) is 12.7 Å². The molecule has 0 saturated heterocycles. The fourth-order valence-electron chi connectivity index (χ4n) is 3.08. The van der Waals surface area contributed by atoms with Gasteiger partial charge in [-0.15, -0.1) is 5.10 Å². The van der Waals surface area contributed by atoms with Gasteiger partial charge in [0, 0.05) is 12.3 Å². The Hall–Kier alpha value is -2.77. The first-order valence-corrected chi connectivity index (χ1v) is 6.93. The molecule has 22 heavy (non-hydrogen) atoms. The first-order chi connectivity index (χ1) is 10.6. The Morgan fingerprint density at radius 3 is 3.00 bits per heavy atom. The molecule has 0 saturated carbocycles. The lowest BCUT2D eigenvalue weighted by Gasteiger charge is -2.29. The van der Waals surface area contributed by atoms with Crippen LogP contribution in [0.4, 0.5) is 5.95 Å². The molecule has 8 heteroatoms. The molecule has 0 fully saturated rings. The second-order valence-electron chi connectivity index (χ2n) is 5.44. The van der Waals surface area contributed by atoms with Gasteiger partial charge < -0.3 is 20.3 Å². The molecule has 4 rings (SSSR count). The van der Waals surface area contributed by atoms with E-state index in [1.54, 1.807) is 4.68 Å². The van der Waals surface area contributed by atoms with E-state index >= 15 is 0 Å². The van der Waals surface area contributed by atoms with Gasteiger partial charge in [-0.2, -0.15) is 4.98 Å². The summed E-state index contributed by atoms with van der Waals surface area (Å²) in [6.07, 6.45) is 0.304. The zero-order valence-corrected chi connectivity index (χ0v) is 11.6. The van der Waals surface area contributed by atoms with E-state index in [9.17, 15) is 9.90 Å². The molecule has 0 radical (unpaired) electrons. The number of fused-ring (bicyclic) bond motifs is 2. The number of carbonyl (C=O) groups is 1. The predicted molar refractivity (Wildman–Crippen MR) is 74.6 cm³/mol. The molecule has 2 aliphatic rings. The van der Waals surface area contributed by atoms with Gasteiger partial charge in [-0.3, -0.25) is 4.79 Å². The van der Waals surface area contributed by atoms with Crippen molar-refractivity contribution in [2.24, 2.45) is 5.92 Å². The van der Waals surface area contributed by atoms with Gasteiger partial charge in [-0.05, 0) is 17.7 Å². The van der Waals surface area contributed by atoms with Gasteiger partial charge in [0.1, 0.15) is 5.82 Å². The Kier molecular flexibility index (Phi) is 2.72. The lowest BCUT2D eigenvalue weighted by Crippen LogP contribution is -2.33. The summed E-state index contributed by atoms with van der Waals surface area (Å²) in [5, 5.41) is 13.7. The SMILES string of the molecule is Nc1nc2n(n1)CC(c1ccc3c(c1)OCO3)C(C(=O)O)C2. The highest BCUT2D eigenvalue weighted by Crippen LogP contribution is 2.39. The van der Waals surface area contributed by atoms with Crippen molar-refractivity contribution in [1.29, 1.82) is 0 Å². The summed E-state index contributed by atoms with van der Waals surface area (Å²) in [5.74, 6) is 0.461. The van der Waals surface area contributed by atoms with E-state index in [0.29, 0.717) is 30.3 Å². The number of nitrogens with zero attached hydrogens (tertiary/aromatic N) is 3. The van der Waals surface area contributed by atoms with Crippen LogP contribution in [0.1, 0.15) is 17.3 Å². The van der Waals surface area contributed by atoms with Crippen LogP contribution in [-0.2, 0) is 17.8 Å². The van der Waals surface area contributed by atoms with Gasteiger partial charge in [0.25, 0.3) is 0 Å². The third-order valence-electron chi connectivity index (χ3n) is 4.16. The van der Waals surface area contributed by atoms with Crippen LogP contribution in [0, 0.1) is 5.92 Å². The van der Waals surface area contributed by atoms with Gasteiger partial charge in [-0.25, -0.2) is 4.68 Å². The van der Waals surface area contributed by atoms with Gasteiger partial charge in [0.05, 0.1) is 12.5 Å². The Labute approximate surface area is 125 Å². The first-order valence-electron chi connectivity index (χ1n) is 6.93. The molecule has 114 valence electrons. The van der Waals surface area contributed by atoms with Crippen LogP contribution in [0.25, 0.3) is 0 Å².